The Morgan fingerprint density at radius 3 is 2.53 bits per heavy atom. The van der Waals surface area contributed by atoms with Crippen LogP contribution in [0.5, 0.6) is 5.75 Å². The normalized spacial score (nSPS) is 17.7. The van der Waals surface area contributed by atoms with Gasteiger partial charge in [0.2, 0.25) is 0 Å². The van der Waals surface area contributed by atoms with Crippen molar-refractivity contribution < 1.29 is 28.2 Å². The number of Topliss-reactive ketones (excluding diaryl/α,β-unsaturated/α-hetero) is 1. The topological polar surface area (TPSA) is 80.0 Å². The number of nitrogens with zero attached hydrogens (tertiary/aromatic N) is 1. The number of halogens is 1. The molecule has 0 saturated carbocycles. The van der Waals surface area contributed by atoms with E-state index in [1.165, 1.54) is 29.2 Å². The van der Waals surface area contributed by atoms with Crippen molar-refractivity contribution in [1.29, 1.82) is 0 Å². The Morgan fingerprint density at radius 1 is 1.12 bits per heavy atom. The first kappa shape index (κ1) is 21.4. The molecule has 0 aliphatic carbocycles. The summed E-state index contributed by atoms with van der Waals surface area (Å²) in [6.45, 7) is 4.22. The van der Waals surface area contributed by atoms with Crippen LogP contribution in [0.2, 0.25) is 0 Å². The minimum atomic E-state index is -1.01. The number of ether oxygens (including phenoxy) is 1. The molecule has 0 bridgehead atoms. The Morgan fingerprint density at radius 2 is 1.88 bits per heavy atom. The van der Waals surface area contributed by atoms with Gasteiger partial charge >= 0.3 is 0 Å². The molecule has 1 fully saturated rings. The molecular weight excluding hydrogens is 413 g/mol. The zero-order valence-electron chi connectivity index (χ0n) is 17.7. The lowest BCUT2D eigenvalue weighted by atomic mass is 9.99. The van der Waals surface area contributed by atoms with Gasteiger partial charge in [0, 0.05) is 11.3 Å². The Labute approximate surface area is 184 Å². The van der Waals surface area contributed by atoms with Crippen LogP contribution in [0.1, 0.15) is 36.5 Å². The molecule has 164 valence electrons. The highest BCUT2D eigenvalue weighted by Crippen LogP contribution is 2.42. The van der Waals surface area contributed by atoms with Gasteiger partial charge in [0.1, 0.15) is 34.9 Å². The van der Waals surface area contributed by atoms with Crippen LogP contribution < -0.4 is 9.64 Å². The lowest BCUT2D eigenvalue weighted by Gasteiger charge is -2.23. The number of ketones is 1. The van der Waals surface area contributed by atoms with Gasteiger partial charge in [-0.15, -0.1) is 0 Å². The van der Waals surface area contributed by atoms with Crippen molar-refractivity contribution in [1.82, 2.24) is 0 Å². The first-order valence-corrected chi connectivity index (χ1v) is 10.3. The summed E-state index contributed by atoms with van der Waals surface area (Å²) < 4.78 is 24.8. The summed E-state index contributed by atoms with van der Waals surface area (Å²) in [6, 6.07) is 14.3. The summed E-state index contributed by atoms with van der Waals surface area (Å²) in [5.41, 5.74) is 0.539. The molecule has 1 N–H and O–H groups in total. The lowest BCUT2D eigenvalue weighted by molar-refractivity contribution is -0.132. The predicted molar refractivity (Wildman–Crippen MR) is 117 cm³/mol. The number of carbonyl (C=O) groups is 2. The Bertz CT molecular complexity index is 1200. The van der Waals surface area contributed by atoms with Gasteiger partial charge in [-0.05, 0) is 61.9 Å². The van der Waals surface area contributed by atoms with Crippen LogP contribution in [0.25, 0.3) is 5.76 Å². The lowest BCUT2D eigenvalue weighted by Crippen LogP contribution is -2.29. The van der Waals surface area contributed by atoms with E-state index in [1.807, 2.05) is 6.92 Å². The maximum atomic E-state index is 13.5. The monoisotopic (exact) mass is 435 g/mol. The molecule has 3 aromatic rings. The van der Waals surface area contributed by atoms with Gasteiger partial charge in [0.25, 0.3) is 11.7 Å². The van der Waals surface area contributed by atoms with Gasteiger partial charge in [-0.2, -0.15) is 0 Å². The molecule has 1 aliphatic heterocycles. The molecule has 1 unspecified atom stereocenters. The smallest absolute Gasteiger partial charge is 0.300 e. The molecule has 1 aromatic heterocycles. The number of aliphatic hydroxyl groups is 1. The zero-order chi connectivity index (χ0) is 22.8. The van der Waals surface area contributed by atoms with Crippen LogP contribution >= 0.6 is 0 Å². The average molecular weight is 435 g/mol. The van der Waals surface area contributed by atoms with E-state index in [4.69, 9.17) is 9.15 Å². The Kier molecular flexibility index (Phi) is 5.81. The number of rotatable bonds is 6. The second kappa shape index (κ2) is 8.70. The van der Waals surface area contributed by atoms with E-state index in [0.717, 1.165) is 6.42 Å². The number of aryl methyl sites for hydroxylation is 1. The fourth-order valence-corrected chi connectivity index (χ4v) is 3.68. The number of aliphatic hydroxyl groups excluding tert-OH is 1. The number of anilines is 1. The Balaban J connectivity index is 1.86. The van der Waals surface area contributed by atoms with Crippen LogP contribution in [0.15, 0.2) is 70.7 Å². The quantitative estimate of drug-likeness (QED) is 0.329. The fraction of sp³-hybridized carbons (Fsp3) is 0.200. The van der Waals surface area contributed by atoms with Gasteiger partial charge < -0.3 is 14.3 Å². The van der Waals surface area contributed by atoms with Crippen LogP contribution in [0.3, 0.4) is 0 Å². The van der Waals surface area contributed by atoms with Crippen molar-refractivity contribution in [2.45, 2.75) is 26.3 Å². The standard InChI is InChI=1S/C25H22FNO5/c1-3-13-31-19-6-4-5-16(14-19)23(28)21-22(20-12-7-15(2)32-20)27(25(30)24(21)29)18-10-8-17(26)9-11-18/h4-12,14,22,28H,3,13H2,1-2H3/b23-21-. The SMILES string of the molecule is CCCOc1cccc(/C(O)=C2/C(=O)C(=O)N(c3ccc(F)cc3)C2c2ccc(C)o2)c1. The minimum Gasteiger partial charge on any atom is -0.507 e. The highest BCUT2D eigenvalue weighted by Gasteiger charge is 2.48. The largest absolute Gasteiger partial charge is 0.507 e. The van der Waals surface area contributed by atoms with Crippen molar-refractivity contribution in [3.05, 3.63) is 89.1 Å². The third-order valence-electron chi connectivity index (χ3n) is 5.16. The molecule has 1 aliphatic rings. The molecule has 2 heterocycles. The first-order valence-electron chi connectivity index (χ1n) is 10.3. The maximum Gasteiger partial charge on any atom is 0.300 e. The number of hydrogen-bond acceptors (Lipinski definition) is 5. The van der Waals surface area contributed by atoms with Gasteiger partial charge in [-0.1, -0.05) is 19.1 Å². The van der Waals surface area contributed by atoms with E-state index in [0.29, 0.717) is 35.1 Å². The van der Waals surface area contributed by atoms with E-state index in [9.17, 15) is 19.1 Å². The summed E-state index contributed by atoms with van der Waals surface area (Å²) >= 11 is 0. The minimum absolute atomic E-state index is 0.110. The highest BCUT2D eigenvalue weighted by atomic mass is 19.1. The van der Waals surface area contributed by atoms with Crippen LogP contribution in [-0.4, -0.2) is 23.4 Å². The first-order chi connectivity index (χ1) is 15.4. The van der Waals surface area contributed by atoms with E-state index in [2.05, 4.69) is 0 Å². The van der Waals surface area contributed by atoms with E-state index < -0.39 is 23.5 Å². The maximum absolute atomic E-state index is 13.5. The number of amides is 1. The molecule has 2 aromatic carbocycles. The van der Waals surface area contributed by atoms with Crippen LogP contribution in [0.4, 0.5) is 10.1 Å². The molecule has 0 radical (unpaired) electrons. The van der Waals surface area contributed by atoms with E-state index in [1.54, 1.807) is 43.3 Å². The molecule has 1 saturated heterocycles. The van der Waals surface area contributed by atoms with Crippen molar-refractivity contribution in [2.75, 3.05) is 11.5 Å². The molecule has 0 spiro atoms. The number of benzene rings is 2. The van der Waals surface area contributed by atoms with Crippen LogP contribution in [0, 0.1) is 12.7 Å². The van der Waals surface area contributed by atoms with E-state index in [-0.39, 0.29) is 11.3 Å². The molecule has 32 heavy (non-hydrogen) atoms. The molecular formula is C25H22FNO5. The summed E-state index contributed by atoms with van der Waals surface area (Å²) in [5, 5.41) is 11.1. The summed E-state index contributed by atoms with van der Waals surface area (Å²) in [6.07, 6.45) is 0.816. The van der Waals surface area contributed by atoms with Gasteiger partial charge in [-0.3, -0.25) is 14.5 Å². The molecule has 6 nitrogen and oxygen atoms in total. The van der Waals surface area contributed by atoms with Crippen LogP contribution in [-0.2, 0) is 9.59 Å². The number of furan rings is 1. The second-order valence-electron chi connectivity index (χ2n) is 7.47. The molecule has 1 atom stereocenters. The number of carbonyl (C=O) groups excluding carboxylic acids is 2. The molecule has 4 rings (SSSR count). The van der Waals surface area contributed by atoms with Crippen molar-refractivity contribution in [3.8, 4) is 5.75 Å². The second-order valence-corrected chi connectivity index (χ2v) is 7.47. The highest BCUT2D eigenvalue weighted by molar-refractivity contribution is 6.51. The van der Waals surface area contributed by atoms with Gasteiger partial charge in [0.05, 0.1) is 12.2 Å². The van der Waals surface area contributed by atoms with Crippen molar-refractivity contribution >= 4 is 23.1 Å². The van der Waals surface area contributed by atoms with Gasteiger partial charge in [0.15, 0.2) is 0 Å². The predicted octanol–water partition coefficient (Wildman–Crippen LogP) is 5.14. The van der Waals surface area contributed by atoms with E-state index >= 15 is 0 Å². The van der Waals surface area contributed by atoms with Crippen molar-refractivity contribution in [3.63, 3.8) is 0 Å². The zero-order valence-corrected chi connectivity index (χ0v) is 17.7. The third kappa shape index (κ3) is 3.89. The molecule has 1 amide bonds. The third-order valence-corrected chi connectivity index (χ3v) is 5.16. The molecule has 7 heteroatoms. The van der Waals surface area contributed by atoms with Gasteiger partial charge in [-0.25, -0.2) is 4.39 Å². The number of hydrogen-bond donors (Lipinski definition) is 1. The average Bonchev–Trinajstić information content (AvgIpc) is 3.33. The van der Waals surface area contributed by atoms with Crippen molar-refractivity contribution in [2.24, 2.45) is 0 Å². The summed E-state index contributed by atoms with van der Waals surface area (Å²) in [5.74, 6) is -1.07. The summed E-state index contributed by atoms with van der Waals surface area (Å²) in [4.78, 5) is 27.3. The fourth-order valence-electron chi connectivity index (χ4n) is 3.68. The summed E-state index contributed by atoms with van der Waals surface area (Å²) in [7, 11) is 0. The Hall–Kier alpha value is -3.87.